The number of aryl methyl sites for hydroxylation is 3. The van der Waals surface area contributed by atoms with Crippen LogP contribution in [-0.4, -0.2) is 32.1 Å². The highest BCUT2D eigenvalue weighted by molar-refractivity contribution is 8.15. The molecule has 0 saturated carbocycles. The van der Waals surface area contributed by atoms with Crippen LogP contribution in [0.15, 0.2) is 71.9 Å². The summed E-state index contributed by atoms with van der Waals surface area (Å²) >= 11 is 1.34. The van der Waals surface area contributed by atoms with E-state index in [0.717, 1.165) is 33.8 Å². The van der Waals surface area contributed by atoms with Crippen molar-refractivity contribution in [2.75, 3.05) is 5.32 Å². The lowest BCUT2D eigenvalue weighted by atomic mass is 10.1. The lowest BCUT2D eigenvalue weighted by Gasteiger charge is -2.16. The van der Waals surface area contributed by atoms with Gasteiger partial charge in [-0.2, -0.15) is 0 Å². The van der Waals surface area contributed by atoms with Crippen LogP contribution in [0.25, 0.3) is 0 Å². The Morgan fingerprint density at radius 2 is 1.76 bits per heavy atom. The molecule has 1 aromatic heterocycles. The number of aliphatic imine (C=N–C) groups is 1. The number of amides is 2. The fraction of sp³-hybridized carbons (Fsp3) is 0.231. The number of nitrogens with one attached hydrogen (secondary N) is 1. The number of carbonyl (C=O) groups is 2. The first-order valence-electron chi connectivity index (χ1n) is 10.8. The molecule has 2 amide bonds. The number of rotatable bonds is 6. The first-order valence-corrected chi connectivity index (χ1v) is 11.7. The van der Waals surface area contributed by atoms with Gasteiger partial charge < -0.3 is 5.32 Å². The van der Waals surface area contributed by atoms with Crippen molar-refractivity contribution in [3.8, 4) is 0 Å². The van der Waals surface area contributed by atoms with E-state index in [9.17, 15) is 9.59 Å². The summed E-state index contributed by atoms with van der Waals surface area (Å²) in [5.41, 5.74) is 5.53. The summed E-state index contributed by atoms with van der Waals surface area (Å²) in [7, 11) is 0. The molecule has 0 aliphatic carbocycles. The Bertz CT molecular complexity index is 1170. The van der Waals surface area contributed by atoms with Crippen LogP contribution in [0.1, 0.15) is 28.8 Å². The lowest BCUT2D eigenvalue weighted by molar-refractivity contribution is -0.128. The normalized spacial score (nSPS) is 16.9. The van der Waals surface area contributed by atoms with Gasteiger partial charge in [-0.25, -0.2) is 4.99 Å². The number of nitrogens with zero attached hydrogens (tertiary/aromatic N) is 3. The number of hydrogen-bond donors (Lipinski definition) is 1. The molecular formula is C26H26N4O2S. The third kappa shape index (κ3) is 5.49. The Labute approximate surface area is 198 Å². The quantitative estimate of drug-likeness (QED) is 0.553. The van der Waals surface area contributed by atoms with Crippen LogP contribution in [0, 0.1) is 20.8 Å². The fourth-order valence-corrected chi connectivity index (χ4v) is 4.76. The number of amidine groups is 1. The van der Waals surface area contributed by atoms with E-state index in [1.807, 2.05) is 81.4 Å². The molecular weight excluding hydrogens is 432 g/mol. The van der Waals surface area contributed by atoms with Gasteiger partial charge in [0.15, 0.2) is 5.17 Å². The molecule has 0 bridgehead atoms. The van der Waals surface area contributed by atoms with Crippen LogP contribution in [0.4, 0.5) is 11.4 Å². The molecule has 0 spiro atoms. The molecule has 0 radical (unpaired) electrons. The average molecular weight is 459 g/mol. The molecule has 1 unspecified atom stereocenters. The average Bonchev–Trinajstić information content (AvgIpc) is 3.07. The van der Waals surface area contributed by atoms with Crippen LogP contribution in [0.2, 0.25) is 0 Å². The van der Waals surface area contributed by atoms with E-state index in [1.165, 1.54) is 11.8 Å². The number of anilines is 1. The fourth-order valence-electron chi connectivity index (χ4n) is 3.62. The third-order valence-electron chi connectivity index (χ3n) is 5.42. The highest BCUT2D eigenvalue weighted by Crippen LogP contribution is 2.34. The van der Waals surface area contributed by atoms with E-state index in [2.05, 4.69) is 10.3 Å². The summed E-state index contributed by atoms with van der Waals surface area (Å²) in [6.07, 6.45) is 1.78. The molecule has 6 nitrogen and oxygen atoms in total. The first-order chi connectivity index (χ1) is 15.9. The molecule has 168 valence electrons. The number of carbonyl (C=O) groups excluding carboxylic acids is 2. The van der Waals surface area contributed by atoms with Crippen molar-refractivity contribution >= 4 is 40.1 Å². The van der Waals surface area contributed by atoms with Crippen molar-refractivity contribution in [1.29, 1.82) is 0 Å². The Morgan fingerprint density at radius 3 is 2.42 bits per heavy atom. The summed E-state index contributed by atoms with van der Waals surface area (Å²) in [5, 5.41) is 2.94. The SMILES string of the molecule is Cc1ccc(NC(=O)CC2SC(=Nc3c(C)cccc3C)N(Cc3ccccn3)C2=O)cc1. The van der Waals surface area contributed by atoms with Gasteiger partial charge in [-0.05, 0) is 56.2 Å². The summed E-state index contributed by atoms with van der Waals surface area (Å²) < 4.78 is 0. The van der Waals surface area contributed by atoms with Gasteiger partial charge in [-0.1, -0.05) is 53.7 Å². The minimum atomic E-state index is -0.540. The van der Waals surface area contributed by atoms with Gasteiger partial charge in [0.2, 0.25) is 11.8 Å². The number of benzene rings is 2. The van der Waals surface area contributed by atoms with Crippen molar-refractivity contribution in [2.24, 2.45) is 4.99 Å². The van der Waals surface area contributed by atoms with Gasteiger partial charge in [-0.3, -0.25) is 19.5 Å². The predicted molar refractivity (Wildman–Crippen MR) is 134 cm³/mol. The van der Waals surface area contributed by atoms with Gasteiger partial charge in [0.25, 0.3) is 0 Å². The Morgan fingerprint density at radius 1 is 1.03 bits per heavy atom. The molecule has 2 aromatic carbocycles. The number of hydrogen-bond acceptors (Lipinski definition) is 5. The maximum absolute atomic E-state index is 13.3. The van der Waals surface area contributed by atoms with Crippen molar-refractivity contribution in [3.05, 3.63) is 89.2 Å². The van der Waals surface area contributed by atoms with Gasteiger partial charge in [0, 0.05) is 18.3 Å². The zero-order valence-electron chi connectivity index (χ0n) is 18.9. The smallest absolute Gasteiger partial charge is 0.243 e. The number of aromatic nitrogens is 1. The number of para-hydroxylation sites is 1. The highest BCUT2D eigenvalue weighted by atomic mass is 32.2. The van der Waals surface area contributed by atoms with E-state index in [-0.39, 0.29) is 18.2 Å². The van der Waals surface area contributed by atoms with Gasteiger partial charge in [0.05, 0.1) is 17.9 Å². The molecule has 1 N–H and O–H groups in total. The predicted octanol–water partition coefficient (Wildman–Crippen LogP) is 5.17. The molecule has 3 aromatic rings. The molecule has 7 heteroatoms. The maximum atomic E-state index is 13.3. The largest absolute Gasteiger partial charge is 0.326 e. The second kappa shape index (κ2) is 10.0. The van der Waals surface area contributed by atoms with Crippen molar-refractivity contribution < 1.29 is 9.59 Å². The zero-order chi connectivity index (χ0) is 23.4. The van der Waals surface area contributed by atoms with Gasteiger partial charge in [-0.15, -0.1) is 0 Å². The highest BCUT2D eigenvalue weighted by Gasteiger charge is 2.39. The van der Waals surface area contributed by atoms with Crippen LogP contribution in [0.3, 0.4) is 0 Å². The maximum Gasteiger partial charge on any atom is 0.243 e. The Hall–Kier alpha value is -3.45. The molecule has 1 aliphatic heterocycles. The zero-order valence-corrected chi connectivity index (χ0v) is 19.7. The van der Waals surface area contributed by atoms with Gasteiger partial charge >= 0.3 is 0 Å². The molecule has 1 saturated heterocycles. The number of thioether (sulfide) groups is 1. The second-order valence-electron chi connectivity index (χ2n) is 8.11. The molecule has 2 heterocycles. The van der Waals surface area contributed by atoms with Crippen molar-refractivity contribution in [1.82, 2.24) is 9.88 Å². The monoisotopic (exact) mass is 458 g/mol. The van der Waals surface area contributed by atoms with E-state index in [1.54, 1.807) is 11.1 Å². The standard InChI is InChI=1S/C26H26N4O2S/c1-17-10-12-20(13-11-17)28-23(31)15-22-25(32)30(16-21-9-4-5-14-27-21)26(33-22)29-24-18(2)7-6-8-19(24)3/h4-14,22H,15-16H2,1-3H3,(H,28,31). The third-order valence-corrected chi connectivity index (χ3v) is 6.59. The summed E-state index contributed by atoms with van der Waals surface area (Å²) in [4.78, 5) is 36.9. The van der Waals surface area contributed by atoms with Crippen molar-refractivity contribution in [2.45, 2.75) is 39.0 Å². The topological polar surface area (TPSA) is 74.7 Å². The Kier molecular flexibility index (Phi) is 6.89. The van der Waals surface area contributed by atoms with Crippen LogP contribution in [-0.2, 0) is 16.1 Å². The van der Waals surface area contributed by atoms with Crippen molar-refractivity contribution in [3.63, 3.8) is 0 Å². The van der Waals surface area contributed by atoms with E-state index >= 15 is 0 Å². The van der Waals surface area contributed by atoms with Crippen LogP contribution >= 0.6 is 11.8 Å². The molecule has 4 rings (SSSR count). The second-order valence-corrected chi connectivity index (χ2v) is 9.27. The van der Waals surface area contributed by atoms with Gasteiger partial charge in [0.1, 0.15) is 5.25 Å². The summed E-state index contributed by atoms with van der Waals surface area (Å²) in [5.74, 6) is -0.328. The minimum absolute atomic E-state index is 0.0713. The summed E-state index contributed by atoms with van der Waals surface area (Å²) in [6, 6.07) is 19.2. The van der Waals surface area contributed by atoms with Crippen LogP contribution in [0.5, 0.6) is 0 Å². The molecule has 1 fully saturated rings. The molecule has 1 atom stereocenters. The molecule has 33 heavy (non-hydrogen) atoms. The molecule has 1 aliphatic rings. The number of pyridine rings is 1. The van der Waals surface area contributed by atoms with E-state index in [4.69, 9.17) is 4.99 Å². The lowest BCUT2D eigenvalue weighted by Crippen LogP contribution is -2.33. The minimum Gasteiger partial charge on any atom is -0.326 e. The van der Waals surface area contributed by atoms with Crippen LogP contribution < -0.4 is 5.32 Å². The first kappa shape index (κ1) is 22.7. The summed E-state index contributed by atoms with van der Waals surface area (Å²) in [6.45, 7) is 6.31. The van der Waals surface area contributed by atoms with E-state index < -0.39 is 5.25 Å². The Balaban J connectivity index is 1.58. The van der Waals surface area contributed by atoms with E-state index in [0.29, 0.717) is 11.7 Å².